The number of halogens is 1. The molecule has 86 valence electrons. The fourth-order valence-electron chi connectivity index (χ4n) is 1.56. The summed E-state index contributed by atoms with van der Waals surface area (Å²) in [6.45, 7) is 5.29. The van der Waals surface area contributed by atoms with Gasteiger partial charge in [0.05, 0.1) is 19.0 Å². The predicted octanol–water partition coefficient (Wildman–Crippen LogP) is 3.02. The van der Waals surface area contributed by atoms with Gasteiger partial charge in [0.2, 0.25) is 0 Å². The first kappa shape index (κ1) is 12.6. The van der Waals surface area contributed by atoms with E-state index in [1.807, 2.05) is 10.9 Å². The van der Waals surface area contributed by atoms with Gasteiger partial charge in [-0.2, -0.15) is 5.10 Å². The fourth-order valence-corrected chi connectivity index (χ4v) is 1.79. The molecule has 0 aromatic carbocycles. The first-order valence-corrected chi connectivity index (χ1v) is 6.33. The number of hydrogen-bond acceptors (Lipinski definition) is 2. The summed E-state index contributed by atoms with van der Waals surface area (Å²) in [4.78, 5) is 0.534. The maximum Gasteiger partial charge on any atom is 0.159 e. The van der Waals surface area contributed by atoms with Gasteiger partial charge in [0.1, 0.15) is 0 Å². The quantitative estimate of drug-likeness (QED) is 0.746. The summed E-state index contributed by atoms with van der Waals surface area (Å²) < 4.78 is 7.36. The van der Waals surface area contributed by atoms with Gasteiger partial charge in [0.25, 0.3) is 0 Å². The first-order chi connectivity index (χ1) is 7.19. The number of rotatable bonds is 6. The molecule has 0 radical (unpaired) electrons. The van der Waals surface area contributed by atoms with E-state index in [9.17, 15) is 0 Å². The number of hydrogen-bond donors (Lipinski definition) is 0. The summed E-state index contributed by atoms with van der Waals surface area (Å²) in [6, 6.07) is 0. The van der Waals surface area contributed by atoms with Gasteiger partial charge in [-0.05, 0) is 19.3 Å². The van der Waals surface area contributed by atoms with Crippen LogP contribution in [0.1, 0.15) is 32.4 Å². The highest BCUT2D eigenvalue weighted by Gasteiger charge is 2.11. The lowest BCUT2D eigenvalue weighted by Crippen LogP contribution is -2.07. The molecule has 3 nitrogen and oxygen atoms in total. The number of methoxy groups -OCH3 is 1. The van der Waals surface area contributed by atoms with Crippen LogP contribution >= 0.6 is 15.9 Å². The van der Waals surface area contributed by atoms with Crippen molar-refractivity contribution in [2.75, 3.05) is 7.11 Å². The van der Waals surface area contributed by atoms with Crippen molar-refractivity contribution in [2.45, 2.75) is 44.5 Å². The highest BCUT2D eigenvalue weighted by molar-refractivity contribution is 9.09. The molecule has 0 spiro atoms. The SMILES string of the molecule is CCCn1ncc(OC)c1CCC(C)Br. The number of aryl methyl sites for hydroxylation is 1. The Hall–Kier alpha value is -0.510. The van der Waals surface area contributed by atoms with Crippen LogP contribution in [0.4, 0.5) is 0 Å². The molecule has 0 saturated carbocycles. The maximum atomic E-state index is 5.31. The standard InChI is InChI=1S/C11H19BrN2O/c1-4-7-14-10(6-5-9(2)12)11(15-3)8-13-14/h8-9H,4-7H2,1-3H3. The van der Waals surface area contributed by atoms with Crippen LogP contribution in [0.2, 0.25) is 0 Å². The first-order valence-electron chi connectivity index (χ1n) is 5.41. The molecular weight excluding hydrogens is 256 g/mol. The lowest BCUT2D eigenvalue weighted by Gasteiger charge is -2.09. The number of ether oxygens (including phenoxy) is 1. The van der Waals surface area contributed by atoms with Gasteiger partial charge < -0.3 is 4.74 Å². The molecule has 0 aliphatic heterocycles. The van der Waals surface area contributed by atoms with E-state index in [1.54, 1.807) is 7.11 Å². The second kappa shape index (κ2) is 6.16. The van der Waals surface area contributed by atoms with Gasteiger partial charge in [-0.3, -0.25) is 4.68 Å². The molecule has 0 N–H and O–H groups in total. The highest BCUT2D eigenvalue weighted by atomic mass is 79.9. The topological polar surface area (TPSA) is 27.1 Å². The van der Waals surface area contributed by atoms with Crippen LogP contribution in [0.25, 0.3) is 0 Å². The van der Waals surface area contributed by atoms with E-state index < -0.39 is 0 Å². The van der Waals surface area contributed by atoms with E-state index in [0.717, 1.165) is 31.6 Å². The largest absolute Gasteiger partial charge is 0.493 e. The Morgan fingerprint density at radius 2 is 2.33 bits per heavy atom. The van der Waals surface area contributed by atoms with E-state index in [1.165, 1.54) is 5.69 Å². The summed E-state index contributed by atoms with van der Waals surface area (Å²) in [5, 5.41) is 4.33. The normalized spacial score (nSPS) is 12.8. The summed E-state index contributed by atoms with van der Waals surface area (Å²) in [7, 11) is 1.70. The van der Waals surface area contributed by atoms with Crippen LogP contribution < -0.4 is 4.74 Å². The molecule has 0 saturated heterocycles. The van der Waals surface area contributed by atoms with Crippen LogP contribution in [0, 0.1) is 0 Å². The van der Waals surface area contributed by atoms with Crippen molar-refractivity contribution in [3.8, 4) is 5.75 Å². The smallest absolute Gasteiger partial charge is 0.159 e. The minimum Gasteiger partial charge on any atom is -0.493 e. The third kappa shape index (κ3) is 3.52. The predicted molar refractivity (Wildman–Crippen MR) is 65.8 cm³/mol. The Labute approximate surface area is 99.9 Å². The summed E-state index contributed by atoms with van der Waals surface area (Å²) in [6.07, 6.45) is 5.02. The van der Waals surface area contributed by atoms with Crippen LogP contribution in [0.5, 0.6) is 5.75 Å². The van der Waals surface area contributed by atoms with Crippen molar-refractivity contribution in [1.82, 2.24) is 9.78 Å². The van der Waals surface area contributed by atoms with Gasteiger partial charge in [-0.25, -0.2) is 0 Å². The van der Waals surface area contributed by atoms with E-state index in [0.29, 0.717) is 4.83 Å². The molecule has 0 amide bonds. The minimum atomic E-state index is 0.534. The molecule has 15 heavy (non-hydrogen) atoms. The molecule has 0 aliphatic rings. The van der Waals surface area contributed by atoms with Crippen LogP contribution in [0.3, 0.4) is 0 Å². The van der Waals surface area contributed by atoms with Crippen molar-refractivity contribution < 1.29 is 4.74 Å². The number of aromatic nitrogens is 2. The van der Waals surface area contributed by atoms with E-state index in [-0.39, 0.29) is 0 Å². The van der Waals surface area contributed by atoms with Gasteiger partial charge in [-0.15, -0.1) is 0 Å². The van der Waals surface area contributed by atoms with Crippen molar-refractivity contribution in [3.05, 3.63) is 11.9 Å². The maximum absolute atomic E-state index is 5.31. The second-order valence-electron chi connectivity index (χ2n) is 3.70. The van der Waals surface area contributed by atoms with E-state index >= 15 is 0 Å². The Balaban J connectivity index is 2.75. The second-order valence-corrected chi connectivity index (χ2v) is 5.27. The molecule has 4 heteroatoms. The zero-order chi connectivity index (χ0) is 11.3. The molecule has 1 unspecified atom stereocenters. The highest BCUT2D eigenvalue weighted by Crippen LogP contribution is 2.21. The zero-order valence-electron chi connectivity index (χ0n) is 9.66. The van der Waals surface area contributed by atoms with Crippen molar-refractivity contribution in [2.24, 2.45) is 0 Å². The minimum absolute atomic E-state index is 0.534. The molecule has 0 bridgehead atoms. The lowest BCUT2D eigenvalue weighted by atomic mass is 10.2. The molecule has 1 atom stereocenters. The van der Waals surface area contributed by atoms with Crippen molar-refractivity contribution in [1.29, 1.82) is 0 Å². The van der Waals surface area contributed by atoms with Crippen molar-refractivity contribution in [3.63, 3.8) is 0 Å². The van der Waals surface area contributed by atoms with Crippen molar-refractivity contribution >= 4 is 15.9 Å². The van der Waals surface area contributed by atoms with Crippen LogP contribution in [-0.4, -0.2) is 21.7 Å². The molecular formula is C11H19BrN2O. The van der Waals surface area contributed by atoms with E-state index in [4.69, 9.17) is 4.74 Å². The lowest BCUT2D eigenvalue weighted by molar-refractivity contribution is 0.406. The molecule has 1 aromatic rings. The van der Waals surface area contributed by atoms with Crippen LogP contribution in [0.15, 0.2) is 6.20 Å². The molecule has 1 aromatic heterocycles. The monoisotopic (exact) mass is 274 g/mol. The summed E-state index contributed by atoms with van der Waals surface area (Å²) in [5.74, 6) is 0.914. The van der Waals surface area contributed by atoms with Gasteiger partial charge in [0.15, 0.2) is 5.75 Å². The third-order valence-electron chi connectivity index (χ3n) is 2.34. The van der Waals surface area contributed by atoms with Crippen LogP contribution in [-0.2, 0) is 13.0 Å². The van der Waals surface area contributed by atoms with Gasteiger partial charge >= 0.3 is 0 Å². The molecule has 1 rings (SSSR count). The zero-order valence-corrected chi connectivity index (χ0v) is 11.2. The molecule has 0 aliphatic carbocycles. The van der Waals surface area contributed by atoms with Gasteiger partial charge in [0, 0.05) is 11.4 Å². The Morgan fingerprint density at radius 3 is 2.87 bits per heavy atom. The third-order valence-corrected chi connectivity index (χ3v) is 2.80. The fraction of sp³-hybridized carbons (Fsp3) is 0.727. The Kier molecular flexibility index (Phi) is 5.15. The van der Waals surface area contributed by atoms with Gasteiger partial charge in [-0.1, -0.05) is 29.8 Å². The number of nitrogens with zero attached hydrogens (tertiary/aromatic N) is 2. The molecule has 0 fully saturated rings. The summed E-state index contributed by atoms with van der Waals surface area (Å²) >= 11 is 3.56. The Bertz CT molecular complexity index is 297. The van der Waals surface area contributed by atoms with E-state index in [2.05, 4.69) is 34.9 Å². The molecule has 1 heterocycles. The average molecular weight is 275 g/mol. The Morgan fingerprint density at radius 1 is 1.60 bits per heavy atom. The summed E-state index contributed by atoms with van der Waals surface area (Å²) in [5.41, 5.74) is 1.21. The average Bonchev–Trinajstić information content (AvgIpc) is 2.58. The number of alkyl halides is 1.